The maximum Gasteiger partial charge on any atom is 0.230 e. The van der Waals surface area contributed by atoms with Crippen LogP contribution in [0.25, 0.3) is 0 Å². The molecule has 1 aliphatic heterocycles. The van der Waals surface area contributed by atoms with Gasteiger partial charge in [-0.05, 0) is 32.5 Å². The molecule has 1 N–H and O–H groups in total. The van der Waals surface area contributed by atoms with Gasteiger partial charge in [0.15, 0.2) is 0 Å². The van der Waals surface area contributed by atoms with E-state index in [1.807, 2.05) is 56.3 Å². The second-order valence-electron chi connectivity index (χ2n) is 6.17. The molecule has 3 unspecified atom stereocenters. The average molecular weight is 290 g/mol. The van der Waals surface area contributed by atoms with E-state index in [9.17, 15) is 9.90 Å². The number of benzene rings is 1. The fourth-order valence-corrected chi connectivity index (χ4v) is 3.19. The van der Waals surface area contributed by atoms with Crippen LogP contribution in [0.4, 0.5) is 0 Å². The van der Waals surface area contributed by atoms with Crippen molar-refractivity contribution in [2.75, 3.05) is 27.2 Å². The molecule has 1 saturated heterocycles. The number of hydrogen-bond donors (Lipinski definition) is 1. The van der Waals surface area contributed by atoms with Gasteiger partial charge in [0.2, 0.25) is 5.91 Å². The van der Waals surface area contributed by atoms with Gasteiger partial charge in [0, 0.05) is 19.1 Å². The van der Waals surface area contributed by atoms with Gasteiger partial charge in [-0.15, -0.1) is 0 Å². The lowest BCUT2D eigenvalue weighted by molar-refractivity contribution is -0.134. The Morgan fingerprint density at radius 2 is 2.05 bits per heavy atom. The van der Waals surface area contributed by atoms with Crippen molar-refractivity contribution in [2.45, 2.75) is 37.8 Å². The summed E-state index contributed by atoms with van der Waals surface area (Å²) in [6.07, 6.45) is 1.06. The third kappa shape index (κ3) is 3.83. The first kappa shape index (κ1) is 16.0. The molecule has 1 aromatic carbocycles. The Labute approximate surface area is 127 Å². The van der Waals surface area contributed by atoms with Crippen molar-refractivity contribution in [1.29, 1.82) is 0 Å². The van der Waals surface area contributed by atoms with Crippen LogP contribution in [0.3, 0.4) is 0 Å². The number of rotatable bonds is 5. The lowest BCUT2D eigenvalue weighted by atomic mass is 9.94. The molecule has 0 bridgehead atoms. The molecule has 2 rings (SSSR count). The summed E-state index contributed by atoms with van der Waals surface area (Å²) in [6, 6.07) is 10.1. The monoisotopic (exact) mass is 290 g/mol. The lowest BCUT2D eigenvalue weighted by Crippen LogP contribution is -2.43. The van der Waals surface area contributed by atoms with Crippen molar-refractivity contribution < 1.29 is 9.90 Å². The predicted molar refractivity (Wildman–Crippen MR) is 84.2 cm³/mol. The largest absolute Gasteiger partial charge is 0.391 e. The van der Waals surface area contributed by atoms with E-state index in [2.05, 4.69) is 4.90 Å². The zero-order valence-corrected chi connectivity index (χ0v) is 13.2. The summed E-state index contributed by atoms with van der Waals surface area (Å²) in [5.74, 6) is 0.0354. The molecule has 0 aliphatic carbocycles. The van der Waals surface area contributed by atoms with Crippen LogP contribution in [0.1, 0.15) is 31.2 Å². The SMILES string of the molecule is CCC(C(=O)N1CC(O)CC1CN(C)C)c1ccccc1. The van der Waals surface area contributed by atoms with Crippen LogP contribution in [-0.2, 0) is 4.79 Å². The first-order valence-electron chi connectivity index (χ1n) is 7.71. The van der Waals surface area contributed by atoms with E-state index in [4.69, 9.17) is 0 Å². The fourth-order valence-electron chi connectivity index (χ4n) is 3.19. The minimum absolute atomic E-state index is 0.110. The second kappa shape index (κ2) is 7.05. The van der Waals surface area contributed by atoms with E-state index in [1.165, 1.54) is 0 Å². The highest BCUT2D eigenvalue weighted by Crippen LogP contribution is 2.27. The van der Waals surface area contributed by atoms with E-state index in [0.29, 0.717) is 13.0 Å². The van der Waals surface area contributed by atoms with Gasteiger partial charge in [-0.3, -0.25) is 4.79 Å². The first-order chi connectivity index (χ1) is 10.0. The maximum absolute atomic E-state index is 12.9. The average Bonchev–Trinajstić information content (AvgIpc) is 2.80. The summed E-state index contributed by atoms with van der Waals surface area (Å²) in [6.45, 7) is 3.30. The molecule has 1 fully saturated rings. The van der Waals surface area contributed by atoms with Crippen LogP contribution < -0.4 is 0 Å². The number of aliphatic hydroxyl groups excluding tert-OH is 1. The van der Waals surface area contributed by atoms with E-state index < -0.39 is 6.10 Å². The minimum atomic E-state index is -0.396. The van der Waals surface area contributed by atoms with Crippen LogP contribution >= 0.6 is 0 Å². The Morgan fingerprint density at radius 3 is 2.62 bits per heavy atom. The normalized spacial score (nSPS) is 23.6. The number of aliphatic hydroxyl groups is 1. The molecule has 1 amide bonds. The number of carbonyl (C=O) groups excluding carboxylic acids is 1. The molecule has 0 aromatic heterocycles. The van der Waals surface area contributed by atoms with Gasteiger partial charge < -0.3 is 14.9 Å². The second-order valence-corrected chi connectivity index (χ2v) is 6.17. The molecule has 0 radical (unpaired) electrons. The highest BCUT2D eigenvalue weighted by Gasteiger charge is 2.37. The number of likely N-dealkylation sites (N-methyl/N-ethyl adjacent to an activating group) is 1. The number of hydrogen-bond acceptors (Lipinski definition) is 3. The summed E-state index contributed by atoms with van der Waals surface area (Å²) in [5.41, 5.74) is 1.06. The predicted octanol–water partition coefficient (Wildman–Crippen LogP) is 1.70. The van der Waals surface area contributed by atoms with Crippen molar-refractivity contribution in [1.82, 2.24) is 9.80 Å². The molecular weight excluding hydrogens is 264 g/mol. The van der Waals surface area contributed by atoms with Crippen molar-refractivity contribution >= 4 is 5.91 Å². The molecule has 21 heavy (non-hydrogen) atoms. The molecule has 4 nitrogen and oxygen atoms in total. The maximum atomic E-state index is 12.9. The summed E-state index contributed by atoms with van der Waals surface area (Å²) >= 11 is 0. The third-order valence-electron chi connectivity index (χ3n) is 4.16. The third-order valence-corrected chi connectivity index (χ3v) is 4.16. The molecule has 1 aliphatic rings. The van der Waals surface area contributed by atoms with E-state index in [-0.39, 0.29) is 17.9 Å². The Kier molecular flexibility index (Phi) is 5.37. The van der Waals surface area contributed by atoms with Gasteiger partial charge in [-0.25, -0.2) is 0 Å². The van der Waals surface area contributed by atoms with Crippen LogP contribution in [0.2, 0.25) is 0 Å². The zero-order valence-electron chi connectivity index (χ0n) is 13.2. The number of β-amino-alcohol motifs (C(OH)–C–C–N with tert-alkyl or cyclic N) is 1. The molecule has 4 heteroatoms. The van der Waals surface area contributed by atoms with Crippen molar-refractivity contribution in [3.63, 3.8) is 0 Å². The molecule has 3 atom stereocenters. The summed E-state index contributed by atoms with van der Waals surface area (Å²) < 4.78 is 0. The smallest absolute Gasteiger partial charge is 0.230 e. The molecule has 0 spiro atoms. The van der Waals surface area contributed by atoms with Crippen molar-refractivity contribution in [3.05, 3.63) is 35.9 Å². The number of carbonyl (C=O) groups is 1. The summed E-state index contributed by atoms with van der Waals surface area (Å²) in [5, 5.41) is 9.94. The van der Waals surface area contributed by atoms with E-state index in [1.54, 1.807) is 0 Å². The van der Waals surface area contributed by atoms with Crippen LogP contribution in [0.15, 0.2) is 30.3 Å². The molecule has 1 aromatic rings. The molecule has 116 valence electrons. The zero-order chi connectivity index (χ0) is 15.4. The minimum Gasteiger partial charge on any atom is -0.391 e. The van der Waals surface area contributed by atoms with Gasteiger partial charge in [-0.1, -0.05) is 37.3 Å². The topological polar surface area (TPSA) is 43.8 Å². The van der Waals surface area contributed by atoms with Gasteiger partial charge >= 0.3 is 0 Å². The Morgan fingerprint density at radius 1 is 1.38 bits per heavy atom. The Hall–Kier alpha value is -1.39. The van der Waals surface area contributed by atoms with Crippen molar-refractivity contribution in [2.24, 2.45) is 0 Å². The van der Waals surface area contributed by atoms with E-state index in [0.717, 1.165) is 18.5 Å². The first-order valence-corrected chi connectivity index (χ1v) is 7.71. The summed E-state index contributed by atoms with van der Waals surface area (Å²) in [7, 11) is 4.00. The van der Waals surface area contributed by atoms with Gasteiger partial charge in [0.25, 0.3) is 0 Å². The quantitative estimate of drug-likeness (QED) is 0.898. The van der Waals surface area contributed by atoms with Gasteiger partial charge in [-0.2, -0.15) is 0 Å². The number of amides is 1. The number of likely N-dealkylation sites (tertiary alicyclic amines) is 1. The van der Waals surface area contributed by atoms with E-state index >= 15 is 0 Å². The summed E-state index contributed by atoms with van der Waals surface area (Å²) in [4.78, 5) is 16.9. The number of nitrogens with zero attached hydrogens (tertiary/aromatic N) is 2. The highest BCUT2D eigenvalue weighted by atomic mass is 16.3. The van der Waals surface area contributed by atoms with Crippen molar-refractivity contribution in [3.8, 4) is 0 Å². The molecule has 0 saturated carbocycles. The highest BCUT2D eigenvalue weighted by molar-refractivity contribution is 5.84. The molecule has 1 heterocycles. The fraction of sp³-hybridized carbons (Fsp3) is 0.588. The lowest BCUT2D eigenvalue weighted by Gasteiger charge is -2.30. The van der Waals surface area contributed by atoms with Crippen LogP contribution in [0, 0.1) is 0 Å². The van der Waals surface area contributed by atoms with Gasteiger partial charge in [0.1, 0.15) is 0 Å². The standard InChI is InChI=1S/C17H26N2O2/c1-4-16(13-8-6-5-7-9-13)17(21)19-12-15(20)10-14(19)11-18(2)3/h5-9,14-16,20H,4,10-12H2,1-3H3. The van der Waals surface area contributed by atoms with Crippen LogP contribution in [-0.4, -0.2) is 60.1 Å². The van der Waals surface area contributed by atoms with Gasteiger partial charge in [0.05, 0.1) is 12.0 Å². The van der Waals surface area contributed by atoms with Crippen LogP contribution in [0.5, 0.6) is 0 Å². The molecular formula is C17H26N2O2. The Balaban J connectivity index is 2.16. The Bertz CT molecular complexity index is 461.